The molecule has 1 aliphatic carbocycles. The van der Waals surface area contributed by atoms with Crippen LogP contribution in [0.1, 0.15) is 5.56 Å². The number of hydrogen-bond acceptors (Lipinski definition) is 0. The van der Waals surface area contributed by atoms with Crippen LogP contribution >= 0.6 is 0 Å². The highest BCUT2D eigenvalue weighted by Gasteiger charge is 2.15. The van der Waals surface area contributed by atoms with Gasteiger partial charge in [-0.2, -0.15) is 0 Å². The summed E-state index contributed by atoms with van der Waals surface area (Å²) in [4.78, 5) is 0. The highest BCUT2D eigenvalue weighted by molar-refractivity contribution is 6.11. The van der Waals surface area contributed by atoms with Crippen LogP contribution in [0.2, 0.25) is 0 Å². The average molecular weight is 203 g/mol. The molecule has 0 atom stereocenters. The molecule has 74 valence electrons. The molecule has 0 amide bonds. The number of hydrogen-bond donors (Lipinski definition) is 0. The molecule has 0 spiro atoms. The predicted octanol–water partition coefficient (Wildman–Crippen LogP) is 3.25. The molecule has 0 radical (unpaired) electrons. The van der Waals surface area contributed by atoms with Gasteiger partial charge in [0.25, 0.3) is 0 Å². The van der Waals surface area contributed by atoms with Gasteiger partial charge in [-0.1, -0.05) is 30.3 Å². The zero-order valence-electron chi connectivity index (χ0n) is 8.90. The van der Waals surface area contributed by atoms with E-state index < -0.39 is 0 Å². The summed E-state index contributed by atoms with van der Waals surface area (Å²) in [5.74, 6) is 0. The lowest BCUT2D eigenvalue weighted by atomic mass is 9.90. The molecule has 3 aromatic carbocycles. The number of rotatable bonds is 0. The van der Waals surface area contributed by atoms with E-state index in [1.54, 1.807) is 0 Å². The quantitative estimate of drug-likeness (QED) is 0.492. The van der Waals surface area contributed by atoms with Gasteiger partial charge in [0.1, 0.15) is 11.3 Å². The second-order valence-corrected chi connectivity index (χ2v) is 4.44. The predicted molar refractivity (Wildman–Crippen MR) is 69.1 cm³/mol. The van der Waals surface area contributed by atoms with E-state index in [4.69, 9.17) is 0 Å². The fraction of sp³-hybridized carbons (Fsp3) is 0.0625. The van der Waals surface area contributed by atoms with E-state index in [0.717, 1.165) is 6.42 Å². The van der Waals surface area contributed by atoms with Crippen LogP contribution in [0.4, 0.5) is 0 Å². The first-order valence-electron chi connectivity index (χ1n) is 5.70. The minimum absolute atomic E-state index is 1.07. The SMILES string of the molecule is C1=c2ccc3cccc4ccc(c2c43)C[CH+]1. The van der Waals surface area contributed by atoms with Gasteiger partial charge >= 0.3 is 0 Å². The van der Waals surface area contributed by atoms with Gasteiger partial charge in [0, 0.05) is 23.4 Å². The van der Waals surface area contributed by atoms with Gasteiger partial charge in [0.05, 0.1) is 11.8 Å². The molecule has 0 bridgehead atoms. The minimum atomic E-state index is 1.07. The van der Waals surface area contributed by atoms with E-state index >= 15 is 0 Å². The Balaban J connectivity index is 2.45. The van der Waals surface area contributed by atoms with Crippen LogP contribution in [0.25, 0.3) is 27.6 Å². The Kier molecular flexibility index (Phi) is 1.44. The Morgan fingerprint density at radius 1 is 0.812 bits per heavy atom. The van der Waals surface area contributed by atoms with E-state index in [1.165, 1.54) is 32.3 Å². The normalized spacial score (nSPS) is 13.8. The Morgan fingerprint density at radius 3 is 2.50 bits per heavy atom. The van der Waals surface area contributed by atoms with Gasteiger partial charge in [-0.25, -0.2) is 0 Å². The van der Waals surface area contributed by atoms with Crippen LogP contribution in [0, 0.1) is 6.42 Å². The highest BCUT2D eigenvalue weighted by atomic mass is 14.1. The van der Waals surface area contributed by atoms with Crippen molar-refractivity contribution in [2.24, 2.45) is 0 Å². The Bertz CT molecular complexity index is 735. The summed E-state index contributed by atoms with van der Waals surface area (Å²) < 4.78 is 0. The lowest BCUT2D eigenvalue weighted by Crippen LogP contribution is -2.10. The van der Waals surface area contributed by atoms with Crippen molar-refractivity contribution in [3.63, 3.8) is 0 Å². The molecule has 0 aliphatic heterocycles. The molecule has 0 saturated heterocycles. The van der Waals surface area contributed by atoms with Crippen LogP contribution in [-0.2, 0) is 6.42 Å². The van der Waals surface area contributed by atoms with Crippen molar-refractivity contribution in [1.82, 2.24) is 0 Å². The van der Waals surface area contributed by atoms with E-state index in [-0.39, 0.29) is 0 Å². The summed E-state index contributed by atoms with van der Waals surface area (Å²) in [5.41, 5.74) is 1.46. The molecule has 0 saturated carbocycles. The monoisotopic (exact) mass is 203 g/mol. The molecule has 0 aromatic heterocycles. The lowest BCUT2D eigenvalue weighted by Gasteiger charge is -2.09. The third-order valence-corrected chi connectivity index (χ3v) is 3.53. The zero-order chi connectivity index (χ0) is 10.5. The zero-order valence-corrected chi connectivity index (χ0v) is 8.90. The third kappa shape index (κ3) is 0.917. The van der Waals surface area contributed by atoms with E-state index in [1.807, 2.05) is 0 Å². The molecule has 3 aromatic rings. The summed E-state index contributed by atoms with van der Waals surface area (Å²) >= 11 is 0. The molecule has 16 heavy (non-hydrogen) atoms. The van der Waals surface area contributed by atoms with Crippen molar-refractivity contribution in [2.75, 3.05) is 0 Å². The average Bonchev–Trinajstić information content (AvgIpc) is 2.36. The van der Waals surface area contributed by atoms with E-state index in [9.17, 15) is 0 Å². The maximum atomic E-state index is 2.27. The molecule has 0 heterocycles. The fourth-order valence-electron chi connectivity index (χ4n) is 2.80. The largest absolute Gasteiger partial charge is 0.113 e. The van der Waals surface area contributed by atoms with E-state index in [2.05, 4.69) is 55.0 Å². The summed E-state index contributed by atoms with van der Waals surface area (Å²) in [6, 6.07) is 15.5. The van der Waals surface area contributed by atoms with Gasteiger partial charge in [0.15, 0.2) is 0 Å². The van der Waals surface area contributed by atoms with Crippen molar-refractivity contribution in [3.8, 4) is 0 Å². The van der Waals surface area contributed by atoms with Gasteiger partial charge in [-0.3, -0.25) is 0 Å². The minimum Gasteiger partial charge on any atom is -0.0610 e. The molecule has 0 heteroatoms. The second-order valence-electron chi connectivity index (χ2n) is 4.44. The second kappa shape index (κ2) is 2.79. The van der Waals surface area contributed by atoms with Gasteiger partial charge in [0.2, 0.25) is 0 Å². The van der Waals surface area contributed by atoms with Crippen molar-refractivity contribution in [3.05, 3.63) is 59.7 Å². The summed E-state index contributed by atoms with van der Waals surface area (Å²) in [5, 5.41) is 6.97. The first-order chi connectivity index (χ1) is 7.93. The summed E-state index contributed by atoms with van der Waals surface area (Å²) in [6.45, 7) is 0. The molecule has 0 unspecified atom stereocenters. The molecule has 1 aliphatic rings. The Hall–Kier alpha value is -1.95. The first-order valence-corrected chi connectivity index (χ1v) is 5.70. The van der Waals surface area contributed by atoms with Crippen LogP contribution < -0.4 is 5.22 Å². The molecule has 0 N–H and O–H groups in total. The maximum Gasteiger partial charge on any atom is 0.113 e. The lowest BCUT2D eigenvalue weighted by molar-refractivity contribution is 1.22. The summed E-state index contributed by atoms with van der Waals surface area (Å²) in [7, 11) is 0. The van der Waals surface area contributed by atoms with Crippen LogP contribution in [-0.4, -0.2) is 0 Å². The number of benzene rings is 3. The van der Waals surface area contributed by atoms with Gasteiger partial charge in [-0.05, 0) is 16.8 Å². The van der Waals surface area contributed by atoms with E-state index in [0.29, 0.717) is 0 Å². The third-order valence-electron chi connectivity index (χ3n) is 3.53. The van der Waals surface area contributed by atoms with Gasteiger partial charge in [-0.15, -0.1) is 0 Å². The van der Waals surface area contributed by atoms with Crippen LogP contribution in [0.3, 0.4) is 0 Å². The topological polar surface area (TPSA) is 0 Å². The smallest absolute Gasteiger partial charge is 0.0610 e. The van der Waals surface area contributed by atoms with Crippen LogP contribution in [0.15, 0.2) is 42.5 Å². The van der Waals surface area contributed by atoms with Crippen LogP contribution in [0.5, 0.6) is 0 Å². The standard InChI is InChI=1S/C16H11/c1-3-11-7-9-13-5-2-6-14-10-8-12(4-1)15(11)16(13)14/h1-5,7-10H,6H2/q+1. The molecular weight excluding hydrogens is 192 g/mol. The highest BCUT2D eigenvalue weighted by Crippen LogP contribution is 2.28. The van der Waals surface area contributed by atoms with Gasteiger partial charge < -0.3 is 0 Å². The Morgan fingerprint density at radius 2 is 1.62 bits per heavy atom. The summed E-state index contributed by atoms with van der Waals surface area (Å²) in [6.07, 6.45) is 5.56. The van der Waals surface area contributed by atoms with Crippen molar-refractivity contribution in [2.45, 2.75) is 6.42 Å². The first kappa shape index (κ1) is 8.23. The van der Waals surface area contributed by atoms with Crippen molar-refractivity contribution >= 4 is 27.6 Å². The maximum absolute atomic E-state index is 2.27. The van der Waals surface area contributed by atoms with Crippen molar-refractivity contribution in [1.29, 1.82) is 0 Å². The molecule has 0 fully saturated rings. The molecule has 4 rings (SSSR count). The van der Waals surface area contributed by atoms with Crippen molar-refractivity contribution < 1.29 is 0 Å². The molecular formula is C16H11+. The molecule has 0 nitrogen and oxygen atoms in total. The Labute approximate surface area is 94.2 Å². The fourth-order valence-corrected chi connectivity index (χ4v) is 2.80.